The fraction of sp³-hybridized carbons (Fsp3) is 0.294. The van der Waals surface area contributed by atoms with E-state index >= 15 is 0 Å². The molecule has 0 radical (unpaired) electrons. The molecule has 0 saturated carbocycles. The highest BCUT2D eigenvalue weighted by Gasteiger charge is 2.34. The van der Waals surface area contributed by atoms with Gasteiger partial charge in [0.1, 0.15) is 10.8 Å². The number of aromatic nitrogens is 1. The van der Waals surface area contributed by atoms with Gasteiger partial charge in [-0.1, -0.05) is 17.7 Å². The van der Waals surface area contributed by atoms with Crippen LogP contribution < -0.4 is 10.6 Å². The van der Waals surface area contributed by atoms with Gasteiger partial charge in [0.2, 0.25) is 0 Å². The van der Waals surface area contributed by atoms with Gasteiger partial charge in [0.25, 0.3) is 0 Å². The van der Waals surface area contributed by atoms with Crippen LogP contribution in [0.4, 0.5) is 35.0 Å². The lowest BCUT2D eigenvalue weighted by atomic mass is 10.2. The van der Waals surface area contributed by atoms with Crippen molar-refractivity contribution in [3.8, 4) is 0 Å². The summed E-state index contributed by atoms with van der Waals surface area (Å²) in [6.07, 6.45) is -4.60. The zero-order valence-corrected chi connectivity index (χ0v) is 15.0. The van der Waals surface area contributed by atoms with Crippen LogP contribution in [0, 0.1) is 0 Å². The Kier molecular flexibility index (Phi) is 5.65. The molecule has 1 aromatic heterocycles. The number of hydrogen-bond acceptors (Lipinski definition) is 4. The second kappa shape index (κ2) is 7.41. The van der Waals surface area contributed by atoms with Gasteiger partial charge in [0.15, 0.2) is 0 Å². The Hall–Kier alpha value is -2.48. The van der Waals surface area contributed by atoms with E-state index in [9.17, 15) is 18.0 Å². The van der Waals surface area contributed by atoms with Crippen molar-refractivity contribution in [2.45, 2.75) is 32.5 Å². The van der Waals surface area contributed by atoms with Crippen molar-refractivity contribution in [3.05, 3.63) is 47.2 Å². The maximum absolute atomic E-state index is 13.1. The molecule has 0 spiro atoms. The molecule has 2 aromatic rings. The van der Waals surface area contributed by atoms with E-state index in [2.05, 4.69) is 15.6 Å². The van der Waals surface area contributed by atoms with Crippen LogP contribution in [0.3, 0.4) is 0 Å². The minimum atomic E-state index is -4.59. The third-order valence-electron chi connectivity index (χ3n) is 2.96. The standard InChI is InChI=1S/C17H17ClF3N3O2/c1-16(2,3)26-15(25)24-11-6-4-5-10(7-11)23-13-8-14(18)22-9-12(13)17(19,20)21/h4-9H,1-3H3,(H,22,23)(H,24,25). The van der Waals surface area contributed by atoms with Crippen LogP contribution >= 0.6 is 11.6 Å². The van der Waals surface area contributed by atoms with E-state index < -0.39 is 23.4 Å². The van der Waals surface area contributed by atoms with Gasteiger partial charge in [-0.2, -0.15) is 13.2 Å². The second-order valence-electron chi connectivity index (χ2n) is 6.38. The number of nitrogens with one attached hydrogen (secondary N) is 2. The maximum Gasteiger partial charge on any atom is 0.419 e. The zero-order chi connectivity index (χ0) is 19.5. The summed E-state index contributed by atoms with van der Waals surface area (Å²) < 4.78 is 44.4. The fourth-order valence-corrected chi connectivity index (χ4v) is 2.17. The van der Waals surface area contributed by atoms with Crippen molar-refractivity contribution in [1.82, 2.24) is 4.98 Å². The topological polar surface area (TPSA) is 63.2 Å². The number of pyridine rings is 1. The molecule has 0 aliphatic heterocycles. The molecule has 2 rings (SSSR count). The Morgan fingerprint density at radius 1 is 1.15 bits per heavy atom. The number of halogens is 4. The smallest absolute Gasteiger partial charge is 0.419 e. The first kappa shape index (κ1) is 19.8. The minimum Gasteiger partial charge on any atom is -0.444 e. The predicted octanol–water partition coefficient (Wildman–Crippen LogP) is 5.84. The Bertz CT molecular complexity index is 805. The number of carbonyl (C=O) groups is 1. The quantitative estimate of drug-likeness (QED) is 0.649. The Morgan fingerprint density at radius 2 is 1.81 bits per heavy atom. The number of ether oxygens (including phenoxy) is 1. The Morgan fingerprint density at radius 3 is 2.42 bits per heavy atom. The highest BCUT2D eigenvalue weighted by atomic mass is 35.5. The van der Waals surface area contributed by atoms with E-state index in [4.69, 9.17) is 16.3 Å². The number of hydrogen-bond donors (Lipinski definition) is 2. The third kappa shape index (κ3) is 5.80. The van der Waals surface area contributed by atoms with E-state index in [1.807, 2.05) is 0 Å². The summed E-state index contributed by atoms with van der Waals surface area (Å²) in [5.41, 5.74) is -1.18. The molecule has 140 valence electrons. The number of alkyl halides is 3. The van der Waals surface area contributed by atoms with Gasteiger partial charge < -0.3 is 10.1 Å². The van der Waals surface area contributed by atoms with Crippen LogP contribution in [0.25, 0.3) is 0 Å². The lowest BCUT2D eigenvalue weighted by Crippen LogP contribution is -2.27. The van der Waals surface area contributed by atoms with Crippen LogP contribution in [0.5, 0.6) is 0 Å². The van der Waals surface area contributed by atoms with E-state index in [-0.39, 0.29) is 10.8 Å². The van der Waals surface area contributed by atoms with Gasteiger partial charge >= 0.3 is 12.3 Å². The van der Waals surface area contributed by atoms with Crippen molar-refractivity contribution >= 4 is 34.8 Å². The summed E-state index contributed by atoms with van der Waals surface area (Å²) in [4.78, 5) is 15.3. The lowest BCUT2D eigenvalue weighted by molar-refractivity contribution is -0.137. The van der Waals surface area contributed by atoms with Crippen LogP contribution in [0.15, 0.2) is 36.5 Å². The molecule has 26 heavy (non-hydrogen) atoms. The second-order valence-corrected chi connectivity index (χ2v) is 6.77. The molecule has 1 aromatic carbocycles. The van der Waals surface area contributed by atoms with Crippen LogP contribution in [-0.2, 0) is 10.9 Å². The monoisotopic (exact) mass is 387 g/mol. The summed E-state index contributed by atoms with van der Waals surface area (Å²) in [6.45, 7) is 5.16. The molecule has 9 heteroatoms. The predicted molar refractivity (Wildman–Crippen MR) is 93.8 cm³/mol. The minimum absolute atomic E-state index is 0.0801. The normalized spacial score (nSPS) is 11.8. The molecule has 0 atom stereocenters. The molecule has 1 amide bonds. The average molecular weight is 388 g/mol. The lowest BCUT2D eigenvalue weighted by Gasteiger charge is -2.20. The van der Waals surface area contributed by atoms with E-state index in [1.54, 1.807) is 39.0 Å². The molecule has 0 fully saturated rings. The van der Waals surface area contributed by atoms with Crippen LogP contribution in [-0.4, -0.2) is 16.7 Å². The molecular weight excluding hydrogens is 371 g/mol. The van der Waals surface area contributed by atoms with Crippen LogP contribution in [0.2, 0.25) is 5.15 Å². The van der Waals surface area contributed by atoms with Crippen molar-refractivity contribution in [1.29, 1.82) is 0 Å². The molecule has 1 heterocycles. The molecule has 0 bridgehead atoms. The van der Waals surface area contributed by atoms with Crippen LogP contribution in [0.1, 0.15) is 26.3 Å². The molecule has 5 nitrogen and oxygen atoms in total. The maximum atomic E-state index is 13.1. The summed E-state index contributed by atoms with van der Waals surface area (Å²) >= 11 is 5.70. The Balaban J connectivity index is 2.22. The first-order chi connectivity index (χ1) is 11.9. The van der Waals surface area contributed by atoms with Gasteiger partial charge in [-0.3, -0.25) is 5.32 Å². The Labute approximate surface area is 153 Å². The molecule has 0 saturated heterocycles. The van der Waals surface area contributed by atoms with E-state index in [1.165, 1.54) is 6.07 Å². The number of anilines is 3. The number of carbonyl (C=O) groups excluding carboxylic acids is 1. The average Bonchev–Trinajstić information content (AvgIpc) is 2.44. The van der Waals surface area contributed by atoms with Crippen molar-refractivity contribution in [3.63, 3.8) is 0 Å². The number of rotatable bonds is 3. The summed E-state index contributed by atoms with van der Waals surface area (Å²) in [6, 6.07) is 7.26. The van der Waals surface area contributed by atoms with Gasteiger partial charge in [0.05, 0.1) is 11.3 Å². The molecule has 0 aliphatic rings. The number of benzene rings is 1. The molecule has 2 N–H and O–H groups in total. The third-order valence-corrected chi connectivity index (χ3v) is 3.17. The summed E-state index contributed by atoms with van der Waals surface area (Å²) in [7, 11) is 0. The summed E-state index contributed by atoms with van der Waals surface area (Å²) in [5.74, 6) is 0. The first-order valence-electron chi connectivity index (χ1n) is 7.54. The van der Waals surface area contributed by atoms with Crippen molar-refractivity contribution in [2.24, 2.45) is 0 Å². The van der Waals surface area contributed by atoms with Gasteiger partial charge in [-0.15, -0.1) is 0 Å². The zero-order valence-electron chi connectivity index (χ0n) is 14.2. The molecule has 0 aliphatic carbocycles. The van der Waals surface area contributed by atoms with Crippen molar-refractivity contribution in [2.75, 3.05) is 10.6 Å². The molecular formula is C17H17ClF3N3O2. The largest absolute Gasteiger partial charge is 0.444 e. The van der Waals surface area contributed by atoms with Gasteiger partial charge in [-0.05, 0) is 45.0 Å². The SMILES string of the molecule is CC(C)(C)OC(=O)Nc1cccc(Nc2cc(Cl)ncc2C(F)(F)F)c1. The molecule has 0 unspecified atom stereocenters. The van der Waals surface area contributed by atoms with Gasteiger partial charge in [0, 0.05) is 17.6 Å². The first-order valence-corrected chi connectivity index (χ1v) is 7.92. The number of amides is 1. The summed E-state index contributed by atoms with van der Waals surface area (Å²) in [5, 5.41) is 5.08. The van der Waals surface area contributed by atoms with E-state index in [0.717, 1.165) is 6.07 Å². The fourth-order valence-electron chi connectivity index (χ4n) is 2.01. The van der Waals surface area contributed by atoms with E-state index in [0.29, 0.717) is 17.6 Å². The highest BCUT2D eigenvalue weighted by molar-refractivity contribution is 6.29. The van der Waals surface area contributed by atoms with Crippen molar-refractivity contribution < 1.29 is 22.7 Å². The number of nitrogens with zero attached hydrogens (tertiary/aromatic N) is 1. The highest BCUT2D eigenvalue weighted by Crippen LogP contribution is 2.36. The van der Waals surface area contributed by atoms with Gasteiger partial charge in [-0.25, -0.2) is 9.78 Å².